The minimum atomic E-state index is -0.0354. The molecule has 2 aliphatic rings. The fraction of sp³-hybridized carbons (Fsp3) is 0.680. The molecule has 0 aliphatic carbocycles. The first-order valence-electron chi connectivity index (χ1n) is 11.6. The van der Waals surface area contributed by atoms with Crippen LogP contribution in [0, 0.1) is 0 Å². The van der Waals surface area contributed by atoms with Crippen molar-refractivity contribution in [2.45, 2.75) is 90.3 Å². The van der Waals surface area contributed by atoms with Crippen LogP contribution in [0.15, 0.2) is 18.2 Å². The number of unbranched alkanes of at least 4 members (excludes halogenated alkanes) is 1. The van der Waals surface area contributed by atoms with Gasteiger partial charge in [-0.3, -0.25) is 9.59 Å². The number of nitrogens with zero attached hydrogens (tertiary/aromatic N) is 1. The molecule has 6 nitrogen and oxygen atoms in total. The Morgan fingerprint density at radius 2 is 1.68 bits per heavy atom. The van der Waals surface area contributed by atoms with Gasteiger partial charge in [0.05, 0.1) is 0 Å². The zero-order valence-corrected chi connectivity index (χ0v) is 19.8. The van der Waals surface area contributed by atoms with Gasteiger partial charge in [-0.2, -0.15) is 0 Å². The zero-order valence-electron chi connectivity index (χ0n) is 19.8. The van der Waals surface area contributed by atoms with Gasteiger partial charge in [0.2, 0.25) is 5.91 Å². The maximum atomic E-state index is 13.2. The van der Waals surface area contributed by atoms with Crippen LogP contribution in [-0.2, 0) is 4.79 Å². The predicted molar refractivity (Wildman–Crippen MR) is 122 cm³/mol. The Labute approximate surface area is 186 Å². The first-order chi connectivity index (χ1) is 14.6. The van der Waals surface area contributed by atoms with E-state index in [2.05, 4.69) is 39.9 Å². The second-order valence-corrected chi connectivity index (χ2v) is 10.2. The molecule has 1 saturated heterocycles. The molecule has 1 aromatic rings. The monoisotopic (exact) mass is 430 g/mol. The molecule has 172 valence electrons. The highest BCUT2D eigenvalue weighted by Crippen LogP contribution is 2.33. The number of rotatable bonds is 8. The third kappa shape index (κ3) is 6.22. The number of nitrogens with one attached hydrogen (secondary N) is 1. The second kappa shape index (κ2) is 9.60. The number of hydrogen-bond donors (Lipinski definition) is 1. The zero-order chi connectivity index (χ0) is 22.6. The van der Waals surface area contributed by atoms with E-state index in [0.29, 0.717) is 30.3 Å². The van der Waals surface area contributed by atoms with E-state index in [4.69, 9.17) is 9.47 Å². The SMILES string of the molecule is CCCCN(C(=O)CCC(=O)c1ccc2c(c1)OCCO2)C1CC(C)(C)NC(C)(C)C1. The summed E-state index contributed by atoms with van der Waals surface area (Å²) in [5.74, 6) is 1.32. The Hall–Kier alpha value is -2.08. The summed E-state index contributed by atoms with van der Waals surface area (Å²) in [6.07, 6.45) is 4.30. The van der Waals surface area contributed by atoms with Crippen molar-refractivity contribution in [2.24, 2.45) is 0 Å². The number of fused-ring (bicyclic) bond motifs is 1. The summed E-state index contributed by atoms with van der Waals surface area (Å²) in [4.78, 5) is 28.1. The number of ketones is 1. The summed E-state index contributed by atoms with van der Waals surface area (Å²) < 4.78 is 11.1. The van der Waals surface area contributed by atoms with Crippen molar-refractivity contribution >= 4 is 11.7 Å². The Kier molecular flexibility index (Phi) is 7.30. The minimum absolute atomic E-state index is 0.0296. The minimum Gasteiger partial charge on any atom is -0.486 e. The molecule has 0 radical (unpaired) electrons. The van der Waals surface area contributed by atoms with Gasteiger partial charge in [0.1, 0.15) is 13.2 Å². The van der Waals surface area contributed by atoms with E-state index < -0.39 is 0 Å². The summed E-state index contributed by atoms with van der Waals surface area (Å²) in [5.41, 5.74) is 0.511. The van der Waals surface area contributed by atoms with Gasteiger partial charge in [0, 0.05) is 42.1 Å². The summed E-state index contributed by atoms with van der Waals surface area (Å²) in [6.45, 7) is 12.7. The molecular formula is C25H38N2O4. The molecular weight excluding hydrogens is 392 g/mol. The molecule has 1 N–H and O–H groups in total. The first kappa shape index (κ1) is 23.6. The smallest absolute Gasteiger partial charge is 0.223 e. The molecule has 0 bridgehead atoms. The molecule has 1 fully saturated rings. The van der Waals surface area contributed by atoms with Crippen LogP contribution in [0.4, 0.5) is 0 Å². The standard InChI is InChI=1S/C25H38N2O4/c1-6-7-12-27(19-16-24(2,3)26-25(4,5)17-19)23(29)11-9-20(28)18-8-10-21-22(15-18)31-14-13-30-21/h8,10,15,19,26H,6-7,9,11-14,16-17H2,1-5H3. The van der Waals surface area contributed by atoms with Crippen LogP contribution in [0.25, 0.3) is 0 Å². The van der Waals surface area contributed by atoms with Crippen LogP contribution in [0.1, 0.15) is 83.5 Å². The first-order valence-corrected chi connectivity index (χ1v) is 11.6. The maximum absolute atomic E-state index is 13.2. The van der Waals surface area contributed by atoms with E-state index in [1.807, 2.05) is 4.90 Å². The van der Waals surface area contributed by atoms with Crippen molar-refractivity contribution in [1.29, 1.82) is 0 Å². The summed E-state index contributed by atoms with van der Waals surface area (Å²) in [6, 6.07) is 5.45. The van der Waals surface area contributed by atoms with Gasteiger partial charge in [0.25, 0.3) is 0 Å². The Morgan fingerprint density at radius 3 is 2.32 bits per heavy atom. The van der Waals surface area contributed by atoms with E-state index in [1.54, 1.807) is 18.2 Å². The average molecular weight is 431 g/mol. The Morgan fingerprint density at radius 1 is 1.03 bits per heavy atom. The summed E-state index contributed by atoms with van der Waals surface area (Å²) in [7, 11) is 0. The largest absolute Gasteiger partial charge is 0.486 e. The van der Waals surface area contributed by atoms with Crippen LogP contribution < -0.4 is 14.8 Å². The molecule has 0 unspecified atom stereocenters. The normalized spacial score (nSPS) is 19.6. The molecule has 2 aliphatic heterocycles. The molecule has 3 rings (SSSR count). The van der Waals surface area contributed by atoms with Crippen molar-refractivity contribution in [2.75, 3.05) is 19.8 Å². The van der Waals surface area contributed by atoms with Crippen molar-refractivity contribution in [3.63, 3.8) is 0 Å². The number of amides is 1. The van der Waals surface area contributed by atoms with Crippen molar-refractivity contribution in [1.82, 2.24) is 10.2 Å². The highest BCUT2D eigenvalue weighted by atomic mass is 16.6. The van der Waals surface area contributed by atoms with E-state index in [9.17, 15) is 9.59 Å². The molecule has 6 heteroatoms. The van der Waals surface area contributed by atoms with Crippen LogP contribution >= 0.6 is 0 Å². The highest BCUT2D eigenvalue weighted by Gasteiger charge is 2.41. The third-order valence-corrected chi connectivity index (χ3v) is 6.11. The summed E-state index contributed by atoms with van der Waals surface area (Å²) >= 11 is 0. The van der Waals surface area contributed by atoms with Crippen molar-refractivity contribution in [3.8, 4) is 11.5 Å². The van der Waals surface area contributed by atoms with Gasteiger partial charge >= 0.3 is 0 Å². The third-order valence-electron chi connectivity index (χ3n) is 6.11. The van der Waals surface area contributed by atoms with E-state index in [-0.39, 0.29) is 41.7 Å². The molecule has 2 heterocycles. The fourth-order valence-corrected chi connectivity index (χ4v) is 5.05. The van der Waals surface area contributed by atoms with Crippen LogP contribution in [-0.4, -0.2) is 53.5 Å². The second-order valence-electron chi connectivity index (χ2n) is 10.2. The van der Waals surface area contributed by atoms with Crippen molar-refractivity contribution in [3.05, 3.63) is 23.8 Å². The maximum Gasteiger partial charge on any atom is 0.223 e. The molecule has 0 spiro atoms. The molecule has 0 saturated carbocycles. The number of ether oxygens (including phenoxy) is 2. The van der Waals surface area contributed by atoms with E-state index in [0.717, 1.165) is 32.2 Å². The molecule has 1 aromatic carbocycles. The lowest BCUT2D eigenvalue weighted by Crippen LogP contribution is -2.62. The van der Waals surface area contributed by atoms with Gasteiger partial charge in [-0.15, -0.1) is 0 Å². The number of hydrogen-bond acceptors (Lipinski definition) is 5. The lowest BCUT2D eigenvalue weighted by molar-refractivity contribution is -0.135. The number of piperidine rings is 1. The topological polar surface area (TPSA) is 67.9 Å². The van der Waals surface area contributed by atoms with Crippen LogP contribution in [0.5, 0.6) is 11.5 Å². The van der Waals surface area contributed by atoms with Gasteiger partial charge in [0.15, 0.2) is 17.3 Å². The fourth-order valence-electron chi connectivity index (χ4n) is 5.05. The van der Waals surface area contributed by atoms with Crippen LogP contribution in [0.2, 0.25) is 0 Å². The average Bonchev–Trinajstić information content (AvgIpc) is 2.69. The number of carbonyl (C=O) groups excluding carboxylic acids is 2. The number of carbonyl (C=O) groups is 2. The summed E-state index contributed by atoms with van der Waals surface area (Å²) in [5, 5.41) is 3.69. The van der Waals surface area contributed by atoms with Crippen molar-refractivity contribution < 1.29 is 19.1 Å². The molecule has 0 atom stereocenters. The lowest BCUT2D eigenvalue weighted by Gasteiger charge is -2.49. The number of Topliss-reactive ketones (excluding diaryl/α,β-unsaturated/α-hetero) is 1. The van der Waals surface area contributed by atoms with Gasteiger partial charge in [-0.1, -0.05) is 13.3 Å². The molecule has 31 heavy (non-hydrogen) atoms. The van der Waals surface area contributed by atoms with Gasteiger partial charge in [-0.05, 0) is 65.2 Å². The van der Waals surface area contributed by atoms with Gasteiger partial charge in [-0.25, -0.2) is 0 Å². The Balaban J connectivity index is 1.66. The number of benzene rings is 1. The van der Waals surface area contributed by atoms with Gasteiger partial charge < -0.3 is 19.7 Å². The molecule has 0 aromatic heterocycles. The van der Waals surface area contributed by atoms with E-state index >= 15 is 0 Å². The van der Waals surface area contributed by atoms with E-state index in [1.165, 1.54) is 0 Å². The van der Waals surface area contributed by atoms with Crippen LogP contribution in [0.3, 0.4) is 0 Å². The molecule has 1 amide bonds. The predicted octanol–water partition coefficient (Wildman–Crippen LogP) is 4.36. The highest BCUT2D eigenvalue weighted by molar-refractivity contribution is 5.98. The Bertz CT molecular complexity index is 787. The lowest BCUT2D eigenvalue weighted by atomic mass is 9.79. The quantitative estimate of drug-likeness (QED) is 0.621.